The van der Waals surface area contributed by atoms with Crippen molar-refractivity contribution in [2.45, 2.75) is 13.0 Å². The van der Waals surface area contributed by atoms with Gasteiger partial charge in [-0.25, -0.2) is 0 Å². The molecule has 0 aliphatic heterocycles. The standard InChI is InChI=1S/C10H13NO3/c1-2-14-8-5-3-4-7(6-8)9(11)10(12)13/h3-6,9H,2,11H2,1H3,(H,12,13)/t9-/m1/s1. The number of quaternary nitrogens is 1. The molecule has 0 saturated heterocycles. The summed E-state index contributed by atoms with van der Waals surface area (Å²) in [6.07, 6.45) is 0. The van der Waals surface area contributed by atoms with Crippen LogP contribution in [0.2, 0.25) is 0 Å². The molecule has 0 radical (unpaired) electrons. The number of hydrogen-bond donors (Lipinski definition) is 1. The van der Waals surface area contributed by atoms with E-state index in [4.69, 9.17) is 4.74 Å². The average Bonchev–Trinajstić information content (AvgIpc) is 2.17. The van der Waals surface area contributed by atoms with E-state index in [0.29, 0.717) is 17.9 Å². The summed E-state index contributed by atoms with van der Waals surface area (Å²) in [6, 6.07) is 6.01. The number of carbonyl (C=O) groups is 1. The Labute approximate surface area is 82.3 Å². The predicted molar refractivity (Wildman–Crippen MR) is 48.2 cm³/mol. The average molecular weight is 195 g/mol. The van der Waals surface area contributed by atoms with Gasteiger partial charge >= 0.3 is 0 Å². The van der Waals surface area contributed by atoms with E-state index in [0.717, 1.165) is 0 Å². The molecule has 0 fully saturated rings. The molecule has 1 aromatic carbocycles. The van der Waals surface area contributed by atoms with Crippen LogP contribution in [0, 0.1) is 0 Å². The molecule has 0 spiro atoms. The van der Waals surface area contributed by atoms with E-state index >= 15 is 0 Å². The largest absolute Gasteiger partial charge is 0.544 e. The van der Waals surface area contributed by atoms with Gasteiger partial charge in [-0.3, -0.25) is 0 Å². The van der Waals surface area contributed by atoms with Crippen molar-refractivity contribution in [1.29, 1.82) is 0 Å². The molecule has 0 aromatic heterocycles. The number of benzene rings is 1. The maximum atomic E-state index is 10.6. The topological polar surface area (TPSA) is 77.0 Å². The second-order valence-electron chi connectivity index (χ2n) is 2.88. The number of carboxylic acid groups (broad SMARTS) is 1. The molecule has 4 heteroatoms. The van der Waals surface area contributed by atoms with Crippen molar-refractivity contribution in [3.63, 3.8) is 0 Å². The number of hydrogen-bond acceptors (Lipinski definition) is 3. The summed E-state index contributed by atoms with van der Waals surface area (Å²) < 4.78 is 5.24. The monoisotopic (exact) mass is 195 g/mol. The minimum Gasteiger partial charge on any atom is -0.544 e. The van der Waals surface area contributed by atoms with Crippen LogP contribution in [-0.4, -0.2) is 12.6 Å². The van der Waals surface area contributed by atoms with Crippen molar-refractivity contribution >= 4 is 5.97 Å². The first-order valence-electron chi connectivity index (χ1n) is 4.42. The summed E-state index contributed by atoms with van der Waals surface area (Å²) in [5.41, 5.74) is 4.08. The van der Waals surface area contributed by atoms with Gasteiger partial charge in [-0.05, 0) is 19.1 Å². The lowest BCUT2D eigenvalue weighted by molar-refractivity contribution is -0.443. The van der Waals surface area contributed by atoms with Gasteiger partial charge in [-0.2, -0.15) is 0 Å². The van der Waals surface area contributed by atoms with E-state index in [9.17, 15) is 9.90 Å². The van der Waals surface area contributed by atoms with Gasteiger partial charge < -0.3 is 20.4 Å². The summed E-state index contributed by atoms with van der Waals surface area (Å²) in [6.45, 7) is 2.42. The van der Waals surface area contributed by atoms with Crippen molar-refractivity contribution in [1.82, 2.24) is 0 Å². The minimum absolute atomic E-state index is 0.552. The third-order valence-electron chi connectivity index (χ3n) is 1.86. The SMILES string of the molecule is CCOc1cccc([C@@H]([NH3+])C(=O)[O-])c1. The quantitative estimate of drug-likeness (QED) is 0.677. The third kappa shape index (κ3) is 2.47. The Bertz CT molecular complexity index is 325. The van der Waals surface area contributed by atoms with Crippen molar-refractivity contribution in [3.05, 3.63) is 29.8 Å². The summed E-state index contributed by atoms with van der Waals surface area (Å²) in [5, 5.41) is 10.6. The Kier molecular flexibility index (Phi) is 3.48. The van der Waals surface area contributed by atoms with Crippen LogP contribution >= 0.6 is 0 Å². The first-order valence-corrected chi connectivity index (χ1v) is 4.42. The van der Waals surface area contributed by atoms with Crippen molar-refractivity contribution in [2.75, 3.05) is 6.61 Å². The molecule has 4 nitrogen and oxygen atoms in total. The highest BCUT2D eigenvalue weighted by molar-refractivity contribution is 5.71. The normalized spacial score (nSPS) is 12.1. The molecule has 0 aliphatic rings. The fourth-order valence-corrected chi connectivity index (χ4v) is 1.12. The lowest BCUT2D eigenvalue weighted by Gasteiger charge is -2.11. The number of ether oxygens (including phenoxy) is 1. The lowest BCUT2D eigenvalue weighted by Crippen LogP contribution is -2.61. The highest BCUT2D eigenvalue weighted by Crippen LogP contribution is 2.16. The molecule has 14 heavy (non-hydrogen) atoms. The summed E-state index contributed by atoms with van der Waals surface area (Å²) in [7, 11) is 0. The zero-order chi connectivity index (χ0) is 10.6. The third-order valence-corrected chi connectivity index (χ3v) is 1.86. The molecule has 1 aromatic rings. The number of carbonyl (C=O) groups excluding carboxylic acids is 1. The van der Waals surface area contributed by atoms with Gasteiger partial charge in [-0.1, -0.05) is 12.1 Å². The van der Waals surface area contributed by atoms with E-state index in [1.54, 1.807) is 24.3 Å². The molecule has 0 unspecified atom stereocenters. The maximum absolute atomic E-state index is 10.6. The number of aliphatic carboxylic acids is 1. The fourth-order valence-electron chi connectivity index (χ4n) is 1.12. The van der Waals surface area contributed by atoms with Gasteiger partial charge in [0.25, 0.3) is 0 Å². The zero-order valence-electron chi connectivity index (χ0n) is 8.03. The van der Waals surface area contributed by atoms with Gasteiger partial charge in [0.15, 0.2) is 6.04 Å². The second kappa shape index (κ2) is 4.62. The molecule has 76 valence electrons. The van der Waals surface area contributed by atoms with Crippen LogP contribution in [0.5, 0.6) is 5.75 Å². The molecular weight excluding hydrogens is 182 g/mol. The van der Waals surface area contributed by atoms with E-state index in [2.05, 4.69) is 5.73 Å². The fraction of sp³-hybridized carbons (Fsp3) is 0.300. The molecule has 1 rings (SSSR count). The Hall–Kier alpha value is -1.55. The van der Waals surface area contributed by atoms with Crippen LogP contribution in [0.15, 0.2) is 24.3 Å². The first kappa shape index (κ1) is 10.5. The van der Waals surface area contributed by atoms with Gasteiger partial charge in [0, 0.05) is 5.56 Å². The smallest absolute Gasteiger partial charge is 0.150 e. The van der Waals surface area contributed by atoms with Crippen molar-refractivity contribution < 1.29 is 20.4 Å². The highest BCUT2D eigenvalue weighted by atomic mass is 16.5. The lowest BCUT2D eigenvalue weighted by atomic mass is 10.1. The molecule has 3 N–H and O–H groups in total. The van der Waals surface area contributed by atoms with Gasteiger partial charge in [0.05, 0.1) is 6.61 Å². The van der Waals surface area contributed by atoms with Gasteiger partial charge in [0.2, 0.25) is 0 Å². The number of carboxylic acids is 1. The molecular formula is C10H13NO3. The van der Waals surface area contributed by atoms with Crippen LogP contribution in [0.25, 0.3) is 0 Å². The molecule has 0 bridgehead atoms. The van der Waals surface area contributed by atoms with Crippen LogP contribution in [0.3, 0.4) is 0 Å². The summed E-state index contributed by atoms with van der Waals surface area (Å²) in [4.78, 5) is 10.6. The van der Waals surface area contributed by atoms with E-state index in [1.165, 1.54) is 0 Å². The zero-order valence-corrected chi connectivity index (χ0v) is 8.03. The summed E-state index contributed by atoms with van der Waals surface area (Å²) >= 11 is 0. The Balaban J connectivity index is 2.87. The second-order valence-corrected chi connectivity index (χ2v) is 2.88. The Morgan fingerprint density at radius 2 is 2.36 bits per heavy atom. The Morgan fingerprint density at radius 1 is 1.64 bits per heavy atom. The minimum atomic E-state index is -1.18. The molecule has 0 heterocycles. The molecule has 1 atom stereocenters. The Morgan fingerprint density at radius 3 is 2.93 bits per heavy atom. The number of rotatable bonds is 4. The van der Waals surface area contributed by atoms with Gasteiger partial charge in [0.1, 0.15) is 11.7 Å². The molecule has 0 amide bonds. The van der Waals surface area contributed by atoms with Crippen LogP contribution in [0.4, 0.5) is 0 Å². The van der Waals surface area contributed by atoms with Crippen molar-refractivity contribution in [2.24, 2.45) is 0 Å². The van der Waals surface area contributed by atoms with E-state index in [1.807, 2.05) is 6.92 Å². The first-order chi connectivity index (χ1) is 6.65. The van der Waals surface area contributed by atoms with Gasteiger partial charge in [-0.15, -0.1) is 0 Å². The van der Waals surface area contributed by atoms with E-state index in [-0.39, 0.29) is 0 Å². The highest BCUT2D eigenvalue weighted by Gasteiger charge is 2.10. The van der Waals surface area contributed by atoms with Crippen LogP contribution < -0.4 is 15.6 Å². The predicted octanol–water partition coefficient (Wildman–Crippen LogP) is -0.882. The van der Waals surface area contributed by atoms with Crippen LogP contribution in [-0.2, 0) is 4.79 Å². The summed E-state index contributed by atoms with van der Waals surface area (Å²) in [5.74, 6) is -0.529. The molecule has 0 saturated carbocycles. The molecule has 0 aliphatic carbocycles. The van der Waals surface area contributed by atoms with E-state index < -0.39 is 12.0 Å². The van der Waals surface area contributed by atoms with Crippen molar-refractivity contribution in [3.8, 4) is 5.75 Å². The maximum Gasteiger partial charge on any atom is 0.150 e. The van der Waals surface area contributed by atoms with Crippen LogP contribution in [0.1, 0.15) is 18.5 Å².